The molecule has 25 heavy (non-hydrogen) atoms. The van der Waals surface area contributed by atoms with Gasteiger partial charge >= 0.3 is 6.36 Å². The molecule has 1 aliphatic carbocycles. The Hall–Kier alpha value is -2.03. The zero-order chi connectivity index (χ0) is 18.2. The number of ether oxygens (including phenoxy) is 1. The van der Waals surface area contributed by atoms with E-state index in [2.05, 4.69) is 10.1 Å². The molecule has 1 saturated carbocycles. The van der Waals surface area contributed by atoms with Crippen LogP contribution in [-0.4, -0.2) is 42.0 Å². The molecule has 2 heterocycles. The fourth-order valence-corrected chi connectivity index (χ4v) is 3.68. The van der Waals surface area contributed by atoms with Crippen LogP contribution in [0.4, 0.5) is 13.2 Å². The molecule has 2 atom stereocenters. The van der Waals surface area contributed by atoms with Gasteiger partial charge in [0.1, 0.15) is 0 Å². The molecular weight excluding hydrogens is 339 g/mol. The van der Waals surface area contributed by atoms with Crippen molar-refractivity contribution in [3.8, 4) is 5.75 Å². The largest absolute Gasteiger partial charge is 0.573 e. The molecule has 0 bridgehead atoms. The Morgan fingerprint density at radius 1 is 1.44 bits per heavy atom. The number of alkyl halides is 3. The molecule has 2 unspecified atom stereocenters. The topological polar surface area (TPSA) is 65.7 Å². The summed E-state index contributed by atoms with van der Waals surface area (Å²) in [6, 6.07) is 1.57. The number of aromatic nitrogens is 1. The standard InChI is InChI=1S/C16H21F3N3O3/c1-20-12-3-2-10(6-12)15(23)21-5-4-14-11(8-21)7-13(9-22(14)24)25-16(17,18)19/h7,9-10,12,20,24H,2-6,8H2,1H3/q+1. The average molecular weight is 360 g/mol. The van der Waals surface area contributed by atoms with E-state index in [1.807, 2.05) is 7.05 Å². The van der Waals surface area contributed by atoms with Gasteiger partial charge in [-0.05, 0) is 32.4 Å². The molecule has 3 rings (SSSR count). The highest BCUT2D eigenvalue weighted by Crippen LogP contribution is 2.30. The zero-order valence-corrected chi connectivity index (χ0v) is 13.8. The molecule has 0 spiro atoms. The van der Waals surface area contributed by atoms with E-state index in [-0.39, 0.29) is 18.4 Å². The number of amides is 1. The molecule has 1 amide bonds. The van der Waals surface area contributed by atoms with Crippen LogP contribution in [0, 0.1) is 5.92 Å². The first kappa shape index (κ1) is 17.8. The minimum absolute atomic E-state index is 0.0232. The van der Waals surface area contributed by atoms with E-state index in [0.29, 0.717) is 35.0 Å². The fourth-order valence-electron chi connectivity index (χ4n) is 3.68. The van der Waals surface area contributed by atoms with E-state index in [1.54, 1.807) is 4.90 Å². The fraction of sp³-hybridized carbons (Fsp3) is 0.625. The lowest BCUT2D eigenvalue weighted by Gasteiger charge is -2.29. The zero-order valence-electron chi connectivity index (χ0n) is 13.8. The van der Waals surface area contributed by atoms with Crippen molar-refractivity contribution in [2.45, 2.75) is 44.6 Å². The summed E-state index contributed by atoms with van der Waals surface area (Å²) < 4.78 is 41.7. The van der Waals surface area contributed by atoms with E-state index in [4.69, 9.17) is 0 Å². The molecule has 2 aliphatic rings. The maximum atomic E-state index is 12.7. The molecule has 0 aromatic carbocycles. The Kier molecular flexibility index (Phi) is 4.77. The van der Waals surface area contributed by atoms with Crippen LogP contribution in [0.25, 0.3) is 0 Å². The Labute approximate surface area is 143 Å². The maximum absolute atomic E-state index is 12.7. The van der Waals surface area contributed by atoms with Gasteiger partial charge in [0.25, 0.3) is 6.20 Å². The third-order valence-corrected chi connectivity index (χ3v) is 4.93. The van der Waals surface area contributed by atoms with Crippen LogP contribution < -0.4 is 14.8 Å². The molecular formula is C16H21F3N3O3+. The predicted molar refractivity (Wildman–Crippen MR) is 79.8 cm³/mol. The van der Waals surface area contributed by atoms with Crippen LogP contribution in [0.1, 0.15) is 30.5 Å². The van der Waals surface area contributed by atoms with E-state index in [0.717, 1.165) is 25.5 Å². The Morgan fingerprint density at radius 3 is 2.84 bits per heavy atom. The highest BCUT2D eigenvalue weighted by Gasteiger charge is 2.37. The summed E-state index contributed by atoms with van der Waals surface area (Å²) in [7, 11) is 1.87. The lowest BCUT2D eigenvalue weighted by atomic mass is 10.0. The minimum atomic E-state index is -4.84. The number of carbonyl (C=O) groups is 1. The summed E-state index contributed by atoms with van der Waals surface area (Å²) in [5, 5.41) is 13.1. The summed E-state index contributed by atoms with van der Waals surface area (Å²) in [4.78, 5) is 14.3. The van der Waals surface area contributed by atoms with Crippen molar-refractivity contribution in [1.29, 1.82) is 0 Å². The van der Waals surface area contributed by atoms with Crippen molar-refractivity contribution in [2.24, 2.45) is 5.92 Å². The van der Waals surface area contributed by atoms with E-state index < -0.39 is 12.1 Å². The Bertz CT molecular complexity index is 666. The number of nitrogens with one attached hydrogen (secondary N) is 1. The predicted octanol–water partition coefficient (Wildman–Crippen LogP) is 1.38. The molecule has 1 fully saturated rings. The van der Waals surface area contributed by atoms with Gasteiger partial charge in [-0.15, -0.1) is 13.2 Å². The van der Waals surface area contributed by atoms with Gasteiger partial charge in [0.15, 0.2) is 5.75 Å². The van der Waals surface area contributed by atoms with Crippen LogP contribution in [0.3, 0.4) is 0 Å². The number of pyridine rings is 1. The molecule has 9 heteroatoms. The molecule has 0 radical (unpaired) electrons. The van der Waals surface area contributed by atoms with Crippen molar-refractivity contribution in [2.75, 3.05) is 13.6 Å². The first-order chi connectivity index (χ1) is 11.8. The van der Waals surface area contributed by atoms with Gasteiger partial charge in [-0.25, -0.2) is 0 Å². The van der Waals surface area contributed by atoms with Crippen molar-refractivity contribution in [1.82, 2.24) is 10.2 Å². The van der Waals surface area contributed by atoms with Crippen LogP contribution in [-0.2, 0) is 17.8 Å². The number of rotatable bonds is 3. The van der Waals surface area contributed by atoms with Crippen molar-refractivity contribution in [3.63, 3.8) is 0 Å². The van der Waals surface area contributed by atoms with Crippen LogP contribution >= 0.6 is 0 Å². The Balaban J connectivity index is 1.75. The van der Waals surface area contributed by atoms with Gasteiger partial charge in [-0.2, -0.15) is 0 Å². The summed E-state index contributed by atoms with van der Waals surface area (Å²) in [5.41, 5.74) is 0.963. The van der Waals surface area contributed by atoms with Crippen molar-refractivity contribution >= 4 is 5.91 Å². The van der Waals surface area contributed by atoms with Gasteiger partial charge < -0.3 is 15.0 Å². The minimum Gasteiger partial charge on any atom is -0.399 e. The highest BCUT2D eigenvalue weighted by atomic mass is 19.4. The van der Waals surface area contributed by atoms with Gasteiger partial charge in [0.2, 0.25) is 11.6 Å². The molecule has 0 saturated heterocycles. The summed E-state index contributed by atoms with van der Waals surface area (Å²) >= 11 is 0. The second-order valence-corrected chi connectivity index (χ2v) is 6.55. The van der Waals surface area contributed by atoms with Gasteiger partial charge in [-0.3, -0.25) is 10.0 Å². The second-order valence-electron chi connectivity index (χ2n) is 6.55. The molecule has 1 aromatic rings. The van der Waals surface area contributed by atoms with Gasteiger partial charge in [0, 0.05) is 28.8 Å². The van der Waals surface area contributed by atoms with E-state index in [9.17, 15) is 23.2 Å². The first-order valence-corrected chi connectivity index (χ1v) is 8.25. The Morgan fingerprint density at radius 2 is 2.20 bits per heavy atom. The van der Waals surface area contributed by atoms with Crippen molar-refractivity contribution in [3.05, 3.63) is 23.5 Å². The van der Waals surface area contributed by atoms with Crippen molar-refractivity contribution < 1.29 is 32.6 Å². The molecule has 138 valence electrons. The maximum Gasteiger partial charge on any atom is 0.573 e. The van der Waals surface area contributed by atoms with Crippen LogP contribution in [0.5, 0.6) is 5.75 Å². The van der Waals surface area contributed by atoms with Crippen LogP contribution in [0.2, 0.25) is 0 Å². The SMILES string of the molecule is CNC1CCC(C(=O)N2CCc3c(cc(OC(F)(F)F)c[n+]3O)C2)C1. The normalized spacial score (nSPS) is 23.4. The van der Waals surface area contributed by atoms with Crippen LogP contribution in [0.15, 0.2) is 12.3 Å². The summed E-state index contributed by atoms with van der Waals surface area (Å²) in [5.74, 6) is -0.538. The highest BCUT2D eigenvalue weighted by molar-refractivity contribution is 5.79. The quantitative estimate of drug-likeness (QED) is 0.632. The molecule has 2 N–H and O–H groups in total. The number of hydrogen-bond acceptors (Lipinski definition) is 4. The second kappa shape index (κ2) is 6.70. The van der Waals surface area contributed by atoms with E-state index >= 15 is 0 Å². The third kappa shape index (κ3) is 3.97. The number of nitrogens with zero attached hydrogens (tertiary/aromatic N) is 2. The summed E-state index contributed by atoms with van der Waals surface area (Å²) in [6.45, 7) is 0.608. The van der Waals surface area contributed by atoms with Gasteiger partial charge in [-0.1, -0.05) is 0 Å². The first-order valence-electron chi connectivity index (χ1n) is 8.25. The molecule has 1 aliphatic heterocycles. The number of fused-ring (bicyclic) bond motifs is 1. The number of halogens is 3. The molecule has 6 nitrogen and oxygen atoms in total. The monoisotopic (exact) mass is 360 g/mol. The van der Waals surface area contributed by atoms with Gasteiger partial charge in [0.05, 0.1) is 13.0 Å². The average Bonchev–Trinajstić information content (AvgIpc) is 3.01. The lowest BCUT2D eigenvalue weighted by molar-refractivity contribution is -0.910. The third-order valence-electron chi connectivity index (χ3n) is 4.93. The molecule has 1 aromatic heterocycles. The van der Waals surface area contributed by atoms with E-state index in [1.165, 1.54) is 6.07 Å². The summed E-state index contributed by atoms with van der Waals surface area (Å²) in [6.07, 6.45) is -1.04. The number of hydrogen-bond donors (Lipinski definition) is 2. The lowest BCUT2D eigenvalue weighted by Crippen LogP contribution is -2.46. The smallest absolute Gasteiger partial charge is 0.399 e. The number of carbonyl (C=O) groups excluding carboxylic acids is 1.